The number of piperidine rings is 1. The summed E-state index contributed by atoms with van der Waals surface area (Å²) in [5, 5.41) is 10.1. The number of carboxylic acids is 1. The highest BCUT2D eigenvalue weighted by molar-refractivity contribution is 5.96. The van der Waals surface area contributed by atoms with Gasteiger partial charge in [0.25, 0.3) is 0 Å². The number of hydrogen-bond donors (Lipinski definition) is 2. The highest BCUT2D eigenvalue weighted by Gasteiger charge is 2.49. The van der Waals surface area contributed by atoms with E-state index in [1.807, 2.05) is 12.1 Å². The lowest BCUT2D eigenvalue weighted by atomic mass is 9.82. The maximum absolute atomic E-state index is 13.7. The number of carbonyl (C=O) groups is 2. The first-order valence-electron chi connectivity index (χ1n) is 10.4. The number of amides is 2. The zero-order chi connectivity index (χ0) is 24.2. The summed E-state index contributed by atoms with van der Waals surface area (Å²) in [7, 11) is 0. The minimum Gasteiger partial charge on any atom is -0.475 e. The molecule has 1 spiro atoms. The molecule has 10 heteroatoms. The second-order valence-corrected chi connectivity index (χ2v) is 8.26. The molecule has 2 aromatic rings. The van der Waals surface area contributed by atoms with Gasteiger partial charge in [0.15, 0.2) is 0 Å². The highest BCUT2D eigenvalue weighted by Crippen LogP contribution is 2.39. The van der Waals surface area contributed by atoms with Gasteiger partial charge in [-0.25, -0.2) is 14.0 Å². The van der Waals surface area contributed by atoms with E-state index in [1.54, 1.807) is 11.0 Å². The van der Waals surface area contributed by atoms with Gasteiger partial charge in [-0.05, 0) is 43.5 Å². The fourth-order valence-corrected chi connectivity index (χ4v) is 4.39. The van der Waals surface area contributed by atoms with E-state index in [-0.39, 0.29) is 17.4 Å². The molecule has 2 aliphatic rings. The third-order valence-electron chi connectivity index (χ3n) is 5.95. The molecule has 2 aliphatic heterocycles. The Hall–Kier alpha value is -3.14. The monoisotopic (exact) mass is 467 g/mol. The van der Waals surface area contributed by atoms with Crippen molar-refractivity contribution in [2.24, 2.45) is 0 Å². The predicted molar refractivity (Wildman–Crippen MR) is 114 cm³/mol. The molecule has 2 atom stereocenters. The van der Waals surface area contributed by atoms with E-state index < -0.39 is 12.1 Å². The van der Waals surface area contributed by atoms with Crippen molar-refractivity contribution < 1.29 is 32.3 Å². The molecule has 33 heavy (non-hydrogen) atoms. The van der Waals surface area contributed by atoms with E-state index in [0.717, 1.165) is 25.9 Å². The van der Waals surface area contributed by atoms with Gasteiger partial charge in [0.2, 0.25) is 0 Å². The molecule has 0 aromatic heterocycles. The first-order chi connectivity index (χ1) is 15.5. The van der Waals surface area contributed by atoms with E-state index in [2.05, 4.69) is 41.4 Å². The molecule has 2 aromatic carbocycles. The quantitative estimate of drug-likeness (QED) is 0.656. The van der Waals surface area contributed by atoms with Crippen molar-refractivity contribution in [1.82, 2.24) is 10.2 Å². The number of rotatable bonds is 3. The molecule has 6 nitrogen and oxygen atoms in total. The average molecular weight is 467 g/mol. The molecule has 2 heterocycles. The first-order valence-corrected chi connectivity index (χ1v) is 10.4. The van der Waals surface area contributed by atoms with Gasteiger partial charge in [-0.2, -0.15) is 13.2 Å². The van der Waals surface area contributed by atoms with Crippen molar-refractivity contribution in [3.05, 3.63) is 66.0 Å². The van der Waals surface area contributed by atoms with Gasteiger partial charge >= 0.3 is 18.2 Å². The van der Waals surface area contributed by atoms with Crippen molar-refractivity contribution in [3.63, 3.8) is 0 Å². The summed E-state index contributed by atoms with van der Waals surface area (Å²) < 4.78 is 45.5. The predicted octanol–water partition coefficient (Wildman–Crippen LogP) is 4.41. The molecule has 2 fully saturated rings. The zero-order valence-corrected chi connectivity index (χ0v) is 18.0. The third kappa shape index (κ3) is 5.81. The van der Waals surface area contributed by atoms with Crippen LogP contribution < -0.4 is 10.2 Å². The Morgan fingerprint density at radius 3 is 2.42 bits per heavy atom. The van der Waals surface area contributed by atoms with Crippen LogP contribution in [0.5, 0.6) is 0 Å². The SMILES string of the molecule is C[C@H]1C[C@]2(CCN1Cc1ccccc1)CNC(=O)N2c1cccc(F)c1.O=C(O)C(F)(F)F. The number of alkyl halides is 3. The number of halogens is 4. The van der Waals surface area contributed by atoms with Crippen LogP contribution in [0.25, 0.3) is 0 Å². The number of nitrogens with one attached hydrogen (secondary N) is 1. The van der Waals surface area contributed by atoms with E-state index in [9.17, 15) is 22.4 Å². The molecular weight excluding hydrogens is 442 g/mol. The molecule has 4 rings (SSSR count). The number of carboxylic acid groups (broad SMARTS) is 1. The van der Waals surface area contributed by atoms with Gasteiger partial charge < -0.3 is 10.4 Å². The van der Waals surface area contributed by atoms with Crippen LogP contribution in [0.1, 0.15) is 25.3 Å². The van der Waals surface area contributed by atoms with E-state index in [1.165, 1.54) is 17.7 Å². The summed E-state index contributed by atoms with van der Waals surface area (Å²) in [5.41, 5.74) is 1.67. The second kappa shape index (κ2) is 9.78. The lowest BCUT2D eigenvalue weighted by Gasteiger charge is -2.47. The molecule has 2 N–H and O–H groups in total. The van der Waals surface area contributed by atoms with Crippen molar-refractivity contribution in [2.45, 2.75) is 44.1 Å². The lowest BCUT2D eigenvalue weighted by Crippen LogP contribution is -2.57. The molecule has 0 saturated carbocycles. The Kier molecular flexibility index (Phi) is 7.26. The topological polar surface area (TPSA) is 72.9 Å². The van der Waals surface area contributed by atoms with Gasteiger partial charge in [0.1, 0.15) is 5.82 Å². The fourth-order valence-electron chi connectivity index (χ4n) is 4.39. The summed E-state index contributed by atoms with van der Waals surface area (Å²) in [6.07, 6.45) is -3.34. The first kappa shape index (κ1) is 24.5. The normalized spacial score (nSPS) is 23.1. The zero-order valence-electron chi connectivity index (χ0n) is 18.0. The Morgan fingerprint density at radius 2 is 1.85 bits per heavy atom. The Morgan fingerprint density at radius 1 is 1.18 bits per heavy atom. The molecular formula is C23H25F4N3O3. The summed E-state index contributed by atoms with van der Waals surface area (Å²) in [6.45, 7) is 4.67. The fraction of sp³-hybridized carbons (Fsp3) is 0.391. The average Bonchev–Trinajstić information content (AvgIpc) is 3.06. The molecule has 2 saturated heterocycles. The van der Waals surface area contributed by atoms with Crippen LogP contribution in [0, 0.1) is 5.82 Å². The van der Waals surface area contributed by atoms with Gasteiger partial charge in [0, 0.05) is 31.4 Å². The van der Waals surface area contributed by atoms with E-state index in [4.69, 9.17) is 9.90 Å². The molecule has 2 amide bonds. The van der Waals surface area contributed by atoms with E-state index in [0.29, 0.717) is 18.3 Å². The summed E-state index contributed by atoms with van der Waals surface area (Å²) in [5.74, 6) is -3.07. The number of aliphatic carboxylic acids is 1. The number of likely N-dealkylation sites (tertiary alicyclic amines) is 1. The Balaban J connectivity index is 0.000000383. The number of urea groups is 1. The van der Waals surface area contributed by atoms with E-state index >= 15 is 0 Å². The van der Waals surface area contributed by atoms with Gasteiger partial charge in [-0.3, -0.25) is 9.80 Å². The minimum absolute atomic E-state index is 0.126. The minimum atomic E-state index is -5.08. The molecule has 0 bridgehead atoms. The van der Waals surface area contributed by atoms with Crippen molar-refractivity contribution in [3.8, 4) is 0 Å². The van der Waals surface area contributed by atoms with Crippen molar-refractivity contribution >= 4 is 17.7 Å². The van der Waals surface area contributed by atoms with Crippen LogP contribution in [0.3, 0.4) is 0 Å². The van der Waals surface area contributed by atoms with Crippen LogP contribution in [-0.4, -0.2) is 52.9 Å². The Labute approximate surface area is 188 Å². The van der Waals surface area contributed by atoms with Crippen LogP contribution >= 0.6 is 0 Å². The molecule has 0 radical (unpaired) electrons. The number of nitrogens with zero attached hydrogens (tertiary/aromatic N) is 2. The molecule has 0 aliphatic carbocycles. The number of hydrogen-bond acceptors (Lipinski definition) is 3. The second-order valence-electron chi connectivity index (χ2n) is 8.26. The maximum atomic E-state index is 13.7. The van der Waals surface area contributed by atoms with Crippen molar-refractivity contribution in [2.75, 3.05) is 18.0 Å². The van der Waals surface area contributed by atoms with Gasteiger partial charge in [-0.1, -0.05) is 36.4 Å². The number of anilines is 1. The summed E-state index contributed by atoms with van der Waals surface area (Å²) in [4.78, 5) is 25.7. The standard InChI is InChI=1S/C21H24FN3O.C2HF3O2/c1-16-13-21(10-11-24(16)14-17-6-3-2-4-7-17)15-23-20(26)25(21)19-9-5-8-18(22)12-19;3-2(4,5)1(6)7/h2-9,12,16H,10-11,13-15H2,1H3,(H,23,26);(H,6,7)/t16-,21+;/m0./s1. The van der Waals surface area contributed by atoms with Crippen molar-refractivity contribution in [1.29, 1.82) is 0 Å². The van der Waals surface area contributed by atoms with Crippen LogP contribution in [-0.2, 0) is 11.3 Å². The number of carbonyl (C=O) groups excluding carboxylic acids is 1. The molecule has 0 unspecified atom stereocenters. The largest absolute Gasteiger partial charge is 0.490 e. The Bertz CT molecular complexity index is 986. The highest BCUT2D eigenvalue weighted by atomic mass is 19.4. The molecule has 178 valence electrons. The smallest absolute Gasteiger partial charge is 0.475 e. The number of benzene rings is 2. The summed E-state index contributed by atoms with van der Waals surface area (Å²) >= 11 is 0. The maximum Gasteiger partial charge on any atom is 0.490 e. The summed E-state index contributed by atoms with van der Waals surface area (Å²) in [6, 6.07) is 17.0. The van der Waals surface area contributed by atoms with Crippen LogP contribution in [0.15, 0.2) is 54.6 Å². The van der Waals surface area contributed by atoms with Crippen LogP contribution in [0.4, 0.5) is 28.0 Å². The van der Waals surface area contributed by atoms with Gasteiger partial charge in [-0.15, -0.1) is 0 Å². The third-order valence-corrected chi connectivity index (χ3v) is 5.95. The van der Waals surface area contributed by atoms with Crippen LogP contribution in [0.2, 0.25) is 0 Å². The lowest BCUT2D eigenvalue weighted by molar-refractivity contribution is -0.192. The van der Waals surface area contributed by atoms with Gasteiger partial charge in [0.05, 0.1) is 5.54 Å².